The van der Waals surface area contributed by atoms with E-state index in [1.807, 2.05) is 0 Å². The Morgan fingerprint density at radius 2 is 0.913 bits per heavy atom. The first-order valence-corrected chi connectivity index (χ1v) is 11.1. The molecule has 0 bridgehead atoms. The molecule has 0 spiro atoms. The Morgan fingerprint density at radius 1 is 0.609 bits per heavy atom. The molecule has 0 aliphatic rings. The lowest BCUT2D eigenvalue weighted by Crippen LogP contribution is -2.32. The van der Waals surface area contributed by atoms with Gasteiger partial charge in [-0.1, -0.05) is 90.9 Å². The summed E-state index contributed by atoms with van der Waals surface area (Å²) in [4.78, 5) is 0. The van der Waals surface area contributed by atoms with Crippen LogP contribution in [-0.4, -0.2) is 30.4 Å². The molecule has 0 unspecified atom stereocenters. The minimum absolute atomic E-state index is 0.461. The minimum Gasteiger partial charge on any atom is -0.273 e. The van der Waals surface area contributed by atoms with Crippen LogP contribution in [0.4, 0.5) is 0 Å². The van der Waals surface area contributed by atoms with E-state index in [-0.39, 0.29) is 0 Å². The fraction of sp³-hybridized carbons (Fsp3) is 1.00. The Balaban J connectivity index is 3.74. The third-order valence-electron chi connectivity index (χ3n) is 4.35. The summed E-state index contributed by atoms with van der Waals surface area (Å²) in [6.07, 6.45) is 16.2. The Kier molecular flexibility index (Phi) is 15.3. The highest BCUT2D eigenvalue weighted by Crippen LogP contribution is 2.11. The fourth-order valence-electron chi connectivity index (χ4n) is 2.83. The van der Waals surface area contributed by atoms with E-state index in [1.165, 1.54) is 55.7 Å². The van der Waals surface area contributed by atoms with Gasteiger partial charge in [-0.05, 0) is 12.8 Å². The normalized spacial score (nSPS) is 12.2. The van der Waals surface area contributed by atoms with Gasteiger partial charge in [0.2, 0.25) is 0 Å². The molecular formula is C18H39NO3S. The van der Waals surface area contributed by atoms with Gasteiger partial charge in [-0.25, -0.2) is 0 Å². The maximum Gasteiger partial charge on any atom is 0.335 e. The lowest BCUT2D eigenvalue weighted by atomic mass is 10.1. The highest BCUT2D eigenvalue weighted by molar-refractivity contribution is 7.83. The van der Waals surface area contributed by atoms with Crippen LogP contribution in [0.25, 0.3) is 0 Å². The highest BCUT2D eigenvalue weighted by Gasteiger charge is 2.17. The first-order valence-electron chi connectivity index (χ1n) is 9.75. The largest absolute Gasteiger partial charge is 0.335 e. The predicted molar refractivity (Wildman–Crippen MR) is 99.1 cm³/mol. The van der Waals surface area contributed by atoms with Crippen LogP contribution in [0.2, 0.25) is 0 Å². The first kappa shape index (κ1) is 22.9. The summed E-state index contributed by atoms with van der Waals surface area (Å²) in [6.45, 7) is 5.33. The molecule has 140 valence electrons. The number of nitrogens with zero attached hydrogens (tertiary/aromatic N) is 1. The van der Waals surface area contributed by atoms with Crippen molar-refractivity contribution in [2.24, 2.45) is 0 Å². The van der Waals surface area contributed by atoms with Crippen LogP contribution < -0.4 is 0 Å². The van der Waals surface area contributed by atoms with E-state index in [0.717, 1.165) is 38.5 Å². The fourth-order valence-corrected chi connectivity index (χ4v) is 3.55. The summed E-state index contributed by atoms with van der Waals surface area (Å²) < 4.78 is 33.4. The molecule has 0 aliphatic carbocycles. The van der Waals surface area contributed by atoms with Crippen molar-refractivity contribution in [1.29, 1.82) is 0 Å². The third-order valence-corrected chi connectivity index (χ3v) is 5.37. The van der Waals surface area contributed by atoms with Crippen LogP contribution in [0.5, 0.6) is 0 Å². The van der Waals surface area contributed by atoms with Crippen molar-refractivity contribution in [1.82, 2.24) is 4.31 Å². The average molecular weight is 350 g/mol. The van der Waals surface area contributed by atoms with Gasteiger partial charge in [0.15, 0.2) is 0 Å². The van der Waals surface area contributed by atoms with Crippen LogP contribution in [0, 0.1) is 0 Å². The van der Waals surface area contributed by atoms with E-state index >= 15 is 0 Å². The Labute approximate surface area is 144 Å². The number of unbranched alkanes of at least 4 members (excludes halogenated alkanes) is 12. The topological polar surface area (TPSA) is 57.6 Å². The molecule has 23 heavy (non-hydrogen) atoms. The maximum atomic E-state index is 11.4. The zero-order valence-corrected chi connectivity index (χ0v) is 16.2. The van der Waals surface area contributed by atoms with Gasteiger partial charge in [0.25, 0.3) is 0 Å². The van der Waals surface area contributed by atoms with E-state index in [1.54, 1.807) is 0 Å². The molecule has 4 nitrogen and oxygen atoms in total. The molecule has 1 N–H and O–H groups in total. The van der Waals surface area contributed by atoms with Gasteiger partial charge in [-0.2, -0.15) is 12.7 Å². The van der Waals surface area contributed by atoms with E-state index in [2.05, 4.69) is 13.8 Å². The smallest absolute Gasteiger partial charge is 0.273 e. The van der Waals surface area contributed by atoms with Crippen molar-refractivity contribution < 1.29 is 13.0 Å². The summed E-state index contributed by atoms with van der Waals surface area (Å²) in [5.41, 5.74) is 0. The van der Waals surface area contributed by atoms with Gasteiger partial charge in [-0.3, -0.25) is 4.55 Å². The molecule has 0 heterocycles. The van der Waals surface area contributed by atoms with Crippen molar-refractivity contribution in [3.8, 4) is 0 Å². The van der Waals surface area contributed by atoms with Gasteiger partial charge < -0.3 is 0 Å². The van der Waals surface area contributed by atoms with Crippen molar-refractivity contribution in [3.63, 3.8) is 0 Å². The molecule has 0 aliphatic heterocycles. The molecule has 0 atom stereocenters. The molecule has 0 saturated heterocycles. The number of rotatable bonds is 17. The standard InChI is InChI=1S/C18H39NO3S/c1-3-5-7-9-11-13-15-17-19(23(20,21)22)18-16-14-12-10-8-6-4-2/h3-18H2,1-2H3,(H,20,21,22). The van der Waals surface area contributed by atoms with Gasteiger partial charge in [0.05, 0.1) is 0 Å². The van der Waals surface area contributed by atoms with Crippen LogP contribution in [0.15, 0.2) is 0 Å². The lowest BCUT2D eigenvalue weighted by Gasteiger charge is -2.18. The molecule has 5 heteroatoms. The van der Waals surface area contributed by atoms with Crippen LogP contribution in [0.1, 0.15) is 104 Å². The monoisotopic (exact) mass is 349 g/mol. The van der Waals surface area contributed by atoms with E-state index < -0.39 is 10.3 Å². The van der Waals surface area contributed by atoms with E-state index in [4.69, 9.17) is 0 Å². The molecule has 0 aromatic heterocycles. The van der Waals surface area contributed by atoms with Gasteiger partial charge in [-0.15, -0.1) is 0 Å². The average Bonchev–Trinajstić information content (AvgIpc) is 2.50. The summed E-state index contributed by atoms with van der Waals surface area (Å²) >= 11 is 0. The van der Waals surface area contributed by atoms with E-state index in [9.17, 15) is 13.0 Å². The predicted octanol–water partition coefficient (Wildman–Crippen LogP) is 5.59. The summed E-state index contributed by atoms with van der Waals surface area (Å²) in [7, 11) is -4.03. The quantitative estimate of drug-likeness (QED) is 0.275. The summed E-state index contributed by atoms with van der Waals surface area (Å²) in [5.74, 6) is 0. The zero-order valence-electron chi connectivity index (χ0n) is 15.4. The van der Waals surface area contributed by atoms with Gasteiger partial charge >= 0.3 is 10.3 Å². The number of hydrogen-bond donors (Lipinski definition) is 1. The Bertz CT molecular complexity index is 326. The third kappa shape index (κ3) is 15.2. The van der Waals surface area contributed by atoms with Crippen molar-refractivity contribution in [2.45, 2.75) is 104 Å². The Morgan fingerprint density at radius 3 is 1.22 bits per heavy atom. The molecule has 0 saturated carbocycles. The van der Waals surface area contributed by atoms with Crippen molar-refractivity contribution >= 4 is 10.3 Å². The van der Waals surface area contributed by atoms with Crippen LogP contribution in [0.3, 0.4) is 0 Å². The maximum absolute atomic E-state index is 11.4. The van der Waals surface area contributed by atoms with Crippen molar-refractivity contribution in [2.75, 3.05) is 13.1 Å². The highest BCUT2D eigenvalue weighted by atomic mass is 32.2. The molecule has 0 aromatic carbocycles. The van der Waals surface area contributed by atoms with Gasteiger partial charge in [0.1, 0.15) is 0 Å². The first-order chi connectivity index (χ1) is 11.0. The summed E-state index contributed by atoms with van der Waals surface area (Å²) in [6, 6.07) is 0. The molecular weight excluding hydrogens is 310 g/mol. The molecule has 0 fully saturated rings. The van der Waals surface area contributed by atoms with Gasteiger partial charge in [0, 0.05) is 13.1 Å². The molecule has 0 aromatic rings. The number of hydrogen-bond acceptors (Lipinski definition) is 2. The minimum atomic E-state index is -4.03. The molecule has 0 rings (SSSR count). The second-order valence-corrected chi connectivity index (χ2v) is 8.03. The molecule has 0 amide bonds. The lowest BCUT2D eigenvalue weighted by molar-refractivity contribution is 0.336. The van der Waals surface area contributed by atoms with E-state index in [0.29, 0.717) is 13.1 Å². The van der Waals surface area contributed by atoms with Crippen LogP contribution >= 0.6 is 0 Å². The van der Waals surface area contributed by atoms with Crippen LogP contribution in [-0.2, 0) is 10.3 Å². The SMILES string of the molecule is CCCCCCCCCN(CCCCCCCCC)S(=O)(=O)O. The zero-order chi connectivity index (χ0) is 17.4. The Hall–Kier alpha value is -0.130. The summed E-state index contributed by atoms with van der Waals surface area (Å²) in [5, 5.41) is 0. The second-order valence-electron chi connectivity index (χ2n) is 6.62. The van der Waals surface area contributed by atoms with Crippen molar-refractivity contribution in [3.05, 3.63) is 0 Å². The molecule has 0 radical (unpaired) electrons. The second kappa shape index (κ2) is 15.4.